The molecule has 9 heteroatoms. The van der Waals surface area contributed by atoms with Crippen molar-refractivity contribution in [3.63, 3.8) is 0 Å². The minimum atomic E-state index is -1.11. The molecule has 4 rings (SSSR count). The first-order valence-electron chi connectivity index (χ1n) is 13.4. The lowest BCUT2D eigenvalue weighted by molar-refractivity contribution is -0.137. The van der Waals surface area contributed by atoms with E-state index in [4.69, 9.17) is 27.9 Å². The van der Waals surface area contributed by atoms with Crippen LogP contribution in [0.3, 0.4) is 0 Å². The highest BCUT2D eigenvalue weighted by Gasteiger charge is 2.30. The smallest absolute Gasteiger partial charge is 0.303 e. The van der Waals surface area contributed by atoms with Gasteiger partial charge < -0.3 is 14.7 Å². The van der Waals surface area contributed by atoms with E-state index < -0.39 is 12.1 Å². The fourth-order valence-corrected chi connectivity index (χ4v) is 6.93. The van der Waals surface area contributed by atoms with Gasteiger partial charge in [-0.05, 0) is 105 Å². The molecule has 1 N–H and O–H groups in total. The van der Waals surface area contributed by atoms with Gasteiger partial charge in [0.05, 0.1) is 22.7 Å². The number of fused-ring (bicyclic) bond motifs is 1. The second-order valence-corrected chi connectivity index (χ2v) is 12.0. The van der Waals surface area contributed by atoms with Gasteiger partial charge >= 0.3 is 5.97 Å². The van der Waals surface area contributed by atoms with Gasteiger partial charge in [-0.1, -0.05) is 29.3 Å². The quantitative estimate of drug-likeness (QED) is 0.159. The first kappa shape index (κ1) is 29.9. The molecular weight excluding hydrogens is 558 g/mol. The minimum absolute atomic E-state index is 0.145. The van der Waals surface area contributed by atoms with Crippen LogP contribution in [0.15, 0.2) is 53.6 Å². The molecule has 3 aromatic rings. The molecule has 3 atom stereocenters. The molecule has 1 aliphatic rings. The highest BCUT2D eigenvalue weighted by molar-refractivity contribution is 7.99. The summed E-state index contributed by atoms with van der Waals surface area (Å²) in [7, 11) is 1.60. The lowest BCUT2D eigenvalue weighted by atomic mass is 9.79. The van der Waals surface area contributed by atoms with Gasteiger partial charge in [0.25, 0.3) is 0 Å². The third-order valence-electron chi connectivity index (χ3n) is 7.61. The average molecular weight is 594 g/mol. The van der Waals surface area contributed by atoms with Crippen LogP contribution in [-0.2, 0) is 4.79 Å². The number of pyridine rings is 1. The number of carboxylic acids is 1. The largest absolute Gasteiger partial charge is 0.497 e. The number of carboxylic acid groups (broad SMARTS) is 1. The third-order valence-corrected chi connectivity index (χ3v) is 9.68. The van der Waals surface area contributed by atoms with Crippen molar-refractivity contribution < 1.29 is 19.0 Å². The number of hydrogen-bond donors (Lipinski definition) is 1. The second-order valence-electron chi connectivity index (χ2n) is 10.1. The number of thioether (sulfide) groups is 1. The normalized spacial score (nSPS) is 18.8. The van der Waals surface area contributed by atoms with Gasteiger partial charge in [-0.2, -0.15) is 0 Å². The summed E-state index contributed by atoms with van der Waals surface area (Å²) in [5.74, 6) is 1.38. The average Bonchev–Trinajstić information content (AvgIpc) is 2.94. The van der Waals surface area contributed by atoms with E-state index in [1.165, 1.54) is 0 Å². The summed E-state index contributed by atoms with van der Waals surface area (Å²) in [6, 6.07) is 13.0. The Morgan fingerprint density at radius 2 is 2.08 bits per heavy atom. The number of halogens is 3. The van der Waals surface area contributed by atoms with E-state index in [1.54, 1.807) is 37.2 Å². The Hall–Kier alpha value is -2.06. The van der Waals surface area contributed by atoms with Crippen molar-refractivity contribution in [2.75, 3.05) is 32.5 Å². The van der Waals surface area contributed by atoms with E-state index >= 15 is 4.39 Å². The number of carbonyl (C=O) groups is 1. The standard InChI is InChI=1S/C30H35Cl2FN2O3S/c1-38-22-8-10-27-24(18-22)23(12-14-34-27)26(33)9-6-20-13-16-35(19-21(20)7-11-29(36)37)15-3-17-39-28-5-2-4-25(31)30(28)32/h2,4-5,8,10,12,14,18,20-21,26H,3,6-7,9,11,13,15-17,19H2,1H3,(H,36,37)/t20-,21-,26-/m1/s1. The number of nitrogens with zero attached hydrogens (tertiary/aromatic N) is 2. The van der Waals surface area contributed by atoms with Crippen molar-refractivity contribution in [3.8, 4) is 5.75 Å². The summed E-state index contributed by atoms with van der Waals surface area (Å²) in [6.07, 6.45) is 4.39. The fourth-order valence-electron chi connectivity index (χ4n) is 5.50. The first-order chi connectivity index (χ1) is 18.9. The maximum atomic E-state index is 15.6. The van der Waals surface area contributed by atoms with Crippen LogP contribution < -0.4 is 4.74 Å². The Morgan fingerprint density at radius 1 is 1.23 bits per heavy atom. The highest BCUT2D eigenvalue weighted by Crippen LogP contribution is 2.37. The van der Waals surface area contributed by atoms with Crippen molar-refractivity contribution in [1.29, 1.82) is 0 Å². The van der Waals surface area contributed by atoms with E-state index in [0.717, 1.165) is 60.4 Å². The Labute approximate surface area is 244 Å². The number of likely N-dealkylation sites (tertiary alicyclic amines) is 1. The maximum Gasteiger partial charge on any atom is 0.303 e. The molecule has 2 aromatic carbocycles. The summed E-state index contributed by atoms with van der Waals surface area (Å²) in [5.41, 5.74) is 1.38. The van der Waals surface area contributed by atoms with E-state index in [2.05, 4.69) is 9.88 Å². The molecule has 1 aromatic heterocycles. The Kier molecular flexibility index (Phi) is 11.1. The Bertz CT molecular complexity index is 1260. The Balaban J connectivity index is 1.32. The molecule has 2 heterocycles. The number of ether oxygens (including phenoxy) is 1. The van der Waals surface area contributed by atoms with Crippen molar-refractivity contribution in [2.24, 2.45) is 11.8 Å². The zero-order valence-electron chi connectivity index (χ0n) is 22.1. The number of piperidine rings is 1. The topological polar surface area (TPSA) is 62.7 Å². The number of hydrogen-bond acceptors (Lipinski definition) is 5. The molecule has 0 bridgehead atoms. The van der Waals surface area contributed by atoms with E-state index in [0.29, 0.717) is 40.1 Å². The predicted octanol–water partition coefficient (Wildman–Crippen LogP) is 8.33. The van der Waals surface area contributed by atoms with E-state index in [-0.39, 0.29) is 12.3 Å². The molecule has 0 radical (unpaired) electrons. The molecule has 1 aliphatic heterocycles. The third kappa shape index (κ3) is 8.23. The predicted molar refractivity (Wildman–Crippen MR) is 158 cm³/mol. The van der Waals surface area contributed by atoms with Crippen molar-refractivity contribution in [2.45, 2.75) is 49.6 Å². The van der Waals surface area contributed by atoms with Gasteiger partial charge in [0, 0.05) is 29.4 Å². The van der Waals surface area contributed by atoms with Gasteiger partial charge in [-0.3, -0.25) is 9.78 Å². The zero-order chi connectivity index (χ0) is 27.8. The maximum absolute atomic E-state index is 15.6. The molecule has 39 heavy (non-hydrogen) atoms. The SMILES string of the molecule is COc1ccc2nccc([C@H](F)CC[C@@H]3CCN(CCCSc4cccc(Cl)c4Cl)C[C@H]3CCC(=O)O)c2c1. The molecule has 0 unspecified atom stereocenters. The van der Waals surface area contributed by atoms with Crippen molar-refractivity contribution in [3.05, 3.63) is 64.3 Å². The van der Waals surface area contributed by atoms with Crippen LogP contribution in [0.5, 0.6) is 5.75 Å². The second kappa shape index (κ2) is 14.5. The van der Waals surface area contributed by atoms with E-state index in [1.807, 2.05) is 30.3 Å². The van der Waals surface area contributed by atoms with Gasteiger partial charge in [0.2, 0.25) is 0 Å². The summed E-state index contributed by atoms with van der Waals surface area (Å²) in [6.45, 7) is 2.74. The summed E-state index contributed by atoms with van der Waals surface area (Å²) in [5, 5.41) is 11.3. The molecular formula is C30H35Cl2FN2O3S. The van der Waals surface area contributed by atoms with Crippen LogP contribution in [0.2, 0.25) is 10.0 Å². The lowest BCUT2D eigenvalue weighted by Crippen LogP contribution is -2.41. The van der Waals surface area contributed by atoms with Gasteiger partial charge in [0.1, 0.15) is 11.9 Å². The molecule has 210 valence electrons. The van der Waals surface area contributed by atoms with Crippen LogP contribution in [0, 0.1) is 11.8 Å². The zero-order valence-corrected chi connectivity index (χ0v) is 24.5. The highest BCUT2D eigenvalue weighted by atomic mass is 35.5. The fraction of sp³-hybridized carbons (Fsp3) is 0.467. The van der Waals surface area contributed by atoms with Crippen LogP contribution in [0.1, 0.15) is 50.3 Å². The van der Waals surface area contributed by atoms with Gasteiger partial charge in [-0.15, -0.1) is 11.8 Å². The van der Waals surface area contributed by atoms with Crippen LogP contribution in [0.25, 0.3) is 10.9 Å². The number of methoxy groups -OCH3 is 1. The van der Waals surface area contributed by atoms with Crippen molar-refractivity contribution in [1.82, 2.24) is 9.88 Å². The summed E-state index contributed by atoms with van der Waals surface area (Å²) in [4.78, 5) is 19.1. The molecule has 1 saturated heterocycles. The van der Waals surface area contributed by atoms with Gasteiger partial charge in [0.15, 0.2) is 0 Å². The molecule has 0 aliphatic carbocycles. The van der Waals surface area contributed by atoms with E-state index in [9.17, 15) is 9.90 Å². The number of benzene rings is 2. The Morgan fingerprint density at radius 3 is 2.87 bits per heavy atom. The first-order valence-corrected chi connectivity index (χ1v) is 15.2. The number of rotatable bonds is 13. The molecule has 5 nitrogen and oxygen atoms in total. The van der Waals surface area contributed by atoms with Gasteiger partial charge in [-0.25, -0.2) is 4.39 Å². The summed E-state index contributed by atoms with van der Waals surface area (Å²) < 4.78 is 20.9. The molecule has 0 spiro atoms. The number of aliphatic carboxylic acids is 1. The number of aromatic nitrogens is 1. The molecule has 0 saturated carbocycles. The van der Waals surface area contributed by atoms with Crippen LogP contribution in [0.4, 0.5) is 4.39 Å². The molecule has 1 fully saturated rings. The van der Waals surface area contributed by atoms with Crippen LogP contribution >= 0.6 is 35.0 Å². The van der Waals surface area contributed by atoms with Crippen LogP contribution in [-0.4, -0.2) is 53.5 Å². The number of alkyl halides is 1. The van der Waals surface area contributed by atoms with Crippen molar-refractivity contribution >= 4 is 51.8 Å². The lowest BCUT2D eigenvalue weighted by Gasteiger charge is -2.39. The monoisotopic (exact) mass is 592 g/mol. The molecule has 0 amide bonds. The summed E-state index contributed by atoms with van der Waals surface area (Å²) >= 11 is 14.1. The minimum Gasteiger partial charge on any atom is -0.497 e.